The molecule has 1 aliphatic carbocycles. The molecule has 1 unspecified atom stereocenters. The van der Waals surface area contributed by atoms with Crippen LogP contribution in [0.2, 0.25) is 0 Å². The van der Waals surface area contributed by atoms with Crippen LogP contribution in [0.5, 0.6) is 0 Å². The molecule has 0 aliphatic heterocycles. The Morgan fingerprint density at radius 3 is 1.84 bits per heavy atom. The zero-order chi connectivity index (χ0) is 44.0. The summed E-state index contributed by atoms with van der Waals surface area (Å²) in [6.45, 7) is 31.6. The van der Waals surface area contributed by atoms with Gasteiger partial charge in [-0.1, -0.05) is 171 Å². The Hall–Kier alpha value is -3.95. The van der Waals surface area contributed by atoms with Gasteiger partial charge in [0.2, 0.25) is 0 Å². The molecule has 3 nitrogen and oxygen atoms in total. The highest BCUT2D eigenvalue weighted by atomic mass is 14.9. The minimum Gasteiger partial charge on any atom is -0.359 e. The van der Waals surface area contributed by atoms with Gasteiger partial charge in [-0.05, 0) is 138 Å². The Balaban J connectivity index is 0. The van der Waals surface area contributed by atoms with Crippen LogP contribution in [-0.2, 0) is 6.42 Å². The molecule has 3 N–H and O–H groups in total. The molecule has 324 valence electrons. The maximum atomic E-state index is 4.80. The number of allylic oxidation sites excluding steroid dienone is 4. The molecule has 3 aromatic carbocycles. The fourth-order valence-electron chi connectivity index (χ4n) is 6.47. The highest BCUT2D eigenvalue weighted by Gasteiger charge is 2.13. The van der Waals surface area contributed by atoms with Crippen molar-refractivity contribution in [3.05, 3.63) is 144 Å². The molecule has 0 saturated carbocycles. The first-order chi connectivity index (χ1) is 28.2. The standard InChI is InChI=1S/C28H41N.C18H23N.C4H10.C2H6.C2H4.CH5N/c1-5-7-8-9-10-12-24(4)29-28-21-19-27(20-22-28)26(11-6-2)18-17-25-15-13-23(3)14-16-25;1-14(2)19-18(17-12-8-5-9-13-17)15(3)16-10-6-4-7-11-16;1-3-4-2;3*1-2/h13-16,19-22,26,29H,4-12,17-18H2,1-3H3;4,6-7,10-12H,5,8-9,13H2,1-3H3;3-4H2,1-2H3;1-2H3;1-2H2;2H2,1H3/b;18-15+;;;;. The Morgan fingerprint density at radius 1 is 0.724 bits per heavy atom. The summed E-state index contributed by atoms with van der Waals surface area (Å²) >= 11 is 0. The SMILES string of the molecule is C=C.C=C(CCCCCCC)Nc1ccc(C(CCC)CCc2ccc(C)cc2)cc1.CC.CC(C)=N/C(C1=CCCCC1)=C(\C)c1ccccc1.CCCC.CN. The van der Waals surface area contributed by atoms with E-state index in [9.17, 15) is 0 Å². The van der Waals surface area contributed by atoms with Crippen molar-refractivity contribution in [2.45, 2.75) is 178 Å². The van der Waals surface area contributed by atoms with Crippen LogP contribution < -0.4 is 11.1 Å². The Morgan fingerprint density at radius 2 is 1.33 bits per heavy atom. The van der Waals surface area contributed by atoms with Crippen molar-refractivity contribution in [3.63, 3.8) is 0 Å². The number of benzene rings is 3. The van der Waals surface area contributed by atoms with Crippen molar-refractivity contribution in [1.82, 2.24) is 0 Å². The second-order valence-electron chi connectivity index (χ2n) is 14.9. The number of nitrogens with one attached hydrogen (secondary N) is 1. The molecule has 0 bridgehead atoms. The predicted octanol–water partition coefficient (Wildman–Crippen LogP) is 17.4. The van der Waals surface area contributed by atoms with E-state index in [4.69, 9.17) is 4.99 Å². The smallest absolute Gasteiger partial charge is 0.0692 e. The van der Waals surface area contributed by atoms with Gasteiger partial charge < -0.3 is 11.1 Å². The minimum atomic E-state index is 0.636. The number of nitrogens with zero attached hydrogens (tertiary/aromatic N) is 1. The topological polar surface area (TPSA) is 50.4 Å². The monoisotopic (exact) mass is 792 g/mol. The molecule has 0 fully saturated rings. The molecule has 4 rings (SSSR count). The highest BCUT2D eigenvalue weighted by molar-refractivity contribution is 5.83. The van der Waals surface area contributed by atoms with Crippen LogP contribution in [0.3, 0.4) is 0 Å². The second kappa shape index (κ2) is 38.6. The summed E-state index contributed by atoms with van der Waals surface area (Å²) in [7, 11) is 1.50. The normalized spacial score (nSPS) is 12.2. The van der Waals surface area contributed by atoms with Gasteiger partial charge in [0.05, 0.1) is 5.70 Å². The lowest BCUT2D eigenvalue weighted by atomic mass is 9.88. The molecule has 0 amide bonds. The lowest BCUT2D eigenvalue weighted by Gasteiger charge is -2.18. The molecule has 0 spiro atoms. The van der Waals surface area contributed by atoms with Crippen molar-refractivity contribution < 1.29 is 0 Å². The van der Waals surface area contributed by atoms with Gasteiger partial charge in [-0.2, -0.15) is 0 Å². The summed E-state index contributed by atoms with van der Waals surface area (Å²) in [6.07, 6.45) is 22.4. The first-order valence-corrected chi connectivity index (χ1v) is 22.9. The summed E-state index contributed by atoms with van der Waals surface area (Å²) < 4.78 is 0. The second-order valence-corrected chi connectivity index (χ2v) is 14.9. The third-order valence-electron chi connectivity index (χ3n) is 9.82. The third-order valence-corrected chi connectivity index (χ3v) is 9.82. The molecule has 0 heterocycles. The van der Waals surface area contributed by atoms with Gasteiger partial charge in [0, 0.05) is 17.1 Å². The van der Waals surface area contributed by atoms with Crippen LogP contribution in [0.1, 0.15) is 187 Å². The fourth-order valence-corrected chi connectivity index (χ4v) is 6.47. The quantitative estimate of drug-likeness (QED) is 0.0766. The van der Waals surface area contributed by atoms with E-state index in [-0.39, 0.29) is 0 Å². The van der Waals surface area contributed by atoms with Gasteiger partial charge in [0.15, 0.2) is 0 Å². The summed E-state index contributed by atoms with van der Waals surface area (Å²) in [4.78, 5) is 4.80. The summed E-state index contributed by atoms with van der Waals surface area (Å²) in [5.74, 6) is 0.636. The van der Waals surface area contributed by atoms with E-state index in [1.807, 2.05) is 13.8 Å². The molecular formula is C55H89N3. The van der Waals surface area contributed by atoms with Gasteiger partial charge in [0.25, 0.3) is 0 Å². The van der Waals surface area contributed by atoms with E-state index in [0.717, 1.165) is 30.7 Å². The Labute approximate surface area is 360 Å². The van der Waals surface area contributed by atoms with Gasteiger partial charge in [0.1, 0.15) is 0 Å². The predicted molar refractivity (Wildman–Crippen MR) is 267 cm³/mol. The summed E-state index contributed by atoms with van der Waals surface area (Å²) in [6, 6.07) is 28.7. The lowest BCUT2D eigenvalue weighted by molar-refractivity contribution is 0.568. The van der Waals surface area contributed by atoms with Crippen LogP contribution in [0.25, 0.3) is 5.57 Å². The van der Waals surface area contributed by atoms with Crippen LogP contribution in [-0.4, -0.2) is 12.8 Å². The molecule has 1 atom stereocenters. The Bertz CT molecular complexity index is 1490. The fraction of sp³-hybridized carbons (Fsp3) is 0.509. The lowest BCUT2D eigenvalue weighted by Crippen LogP contribution is -2.02. The van der Waals surface area contributed by atoms with Crippen molar-refractivity contribution in [2.24, 2.45) is 10.7 Å². The number of hydrogen-bond donors (Lipinski definition) is 2. The third kappa shape index (κ3) is 26.1. The van der Waals surface area contributed by atoms with Gasteiger partial charge >= 0.3 is 0 Å². The summed E-state index contributed by atoms with van der Waals surface area (Å²) in [5.41, 5.74) is 17.4. The molecule has 0 radical (unpaired) electrons. The minimum absolute atomic E-state index is 0.636. The first kappa shape index (κ1) is 56.1. The number of hydrogen-bond acceptors (Lipinski definition) is 3. The Kier molecular flexibility index (Phi) is 37.3. The van der Waals surface area contributed by atoms with Crippen LogP contribution >= 0.6 is 0 Å². The van der Waals surface area contributed by atoms with Gasteiger partial charge in [-0.15, -0.1) is 13.2 Å². The van der Waals surface area contributed by atoms with Gasteiger partial charge in [-0.3, -0.25) is 4.99 Å². The maximum absolute atomic E-state index is 4.80. The van der Waals surface area contributed by atoms with Crippen molar-refractivity contribution in [3.8, 4) is 0 Å². The van der Waals surface area contributed by atoms with Crippen LogP contribution in [0.4, 0.5) is 5.69 Å². The summed E-state index contributed by atoms with van der Waals surface area (Å²) in [5, 5.41) is 3.50. The molecule has 3 heteroatoms. The number of aliphatic imine (C=N–C) groups is 1. The molecule has 3 aromatic rings. The van der Waals surface area contributed by atoms with E-state index in [0.29, 0.717) is 5.92 Å². The largest absolute Gasteiger partial charge is 0.359 e. The zero-order valence-corrected chi connectivity index (χ0v) is 39.6. The van der Waals surface area contributed by atoms with E-state index >= 15 is 0 Å². The van der Waals surface area contributed by atoms with E-state index < -0.39 is 0 Å². The van der Waals surface area contributed by atoms with Crippen molar-refractivity contribution in [2.75, 3.05) is 12.4 Å². The van der Waals surface area contributed by atoms with E-state index in [1.165, 1.54) is 135 Å². The molecular weight excluding hydrogens is 703 g/mol. The van der Waals surface area contributed by atoms with Crippen LogP contribution in [0.15, 0.2) is 127 Å². The first-order valence-electron chi connectivity index (χ1n) is 22.9. The molecule has 58 heavy (non-hydrogen) atoms. The number of rotatable bonds is 18. The van der Waals surface area contributed by atoms with Gasteiger partial charge in [-0.25, -0.2) is 0 Å². The zero-order valence-electron chi connectivity index (χ0n) is 39.6. The van der Waals surface area contributed by atoms with Crippen molar-refractivity contribution in [1.29, 1.82) is 0 Å². The average Bonchev–Trinajstić information content (AvgIpc) is 3.28. The number of aryl methyl sites for hydroxylation is 2. The highest BCUT2D eigenvalue weighted by Crippen LogP contribution is 2.31. The van der Waals surface area contributed by atoms with Crippen LogP contribution in [0, 0.1) is 6.92 Å². The molecule has 0 saturated heterocycles. The number of unbranched alkanes of at least 4 members (excludes halogenated alkanes) is 5. The van der Waals surface area contributed by atoms with E-state index in [1.54, 1.807) is 0 Å². The van der Waals surface area contributed by atoms with E-state index in [2.05, 4.69) is 171 Å². The number of anilines is 1. The molecule has 0 aromatic heterocycles. The maximum Gasteiger partial charge on any atom is 0.0692 e. The molecule has 1 aliphatic rings. The average molecular weight is 792 g/mol. The number of nitrogens with two attached hydrogens (primary N) is 1. The van der Waals surface area contributed by atoms with Crippen molar-refractivity contribution >= 4 is 17.0 Å².